The molecule has 0 bridgehead atoms. The SMILES string of the molecule is OCCCCOc1ccc(F)c(Br)c1. The Bertz CT molecular complexity index is 291. The number of halogens is 2. The van der Waals surface area contributed by atoms with Crippen LogP contribution >= 0.6 is 15.9 Å². The maximum absolute atomic E-state index is 12.8. The number of aliphatic hydroxyl groups is 1. The summed E-state index contributed by atoms with van der Waals surface area (Å²) in [7, 11) is 0. The smallest absolute Gasteiger partial charge is 0.137 e. The van der Waals surface area contributed by atoms with Crippen molar-refractivity contribution in [2.75, 3.05) is 13.2 Å². The number of hydrogen-bond acceptors (Lipinski definition) is 2. The lowest BCUT2D eigenvalue weighted by atomic mass is 10.3. The summed E-state index contributed by atoms with van der Waals surface area (Å²) in [6, 6.07) is 4.53. The number of hydrogen-bond donors (Lipinski definition) is 1. The Morgan fingerprint density at radius 1 is 1.36 bits per heavy atom. The fraction of sp³-hybridized carbons (Fsp3) is 0.400. The molecule has 78 valence electrons. The van der Waals surface area contributed by atoms with Crippen LogP contribution in [0.25, 0.3) is 0 Å². The van der Waals surface area contributed by atoms with E-state index in [1.807, 2.05) is 0 Å². The van der Waals surface area contributed by atoms with Crippen LogP contribution in [0.3, 0.4) is 0 Å². The van der Waals surface area contributed by atoms with Gasteiger partial charge in [0.25, 0.3) is 0 Å². The van der Waals surface area contributed by atoms with Gasteiger partial charge in [-0.1, -0.05) is 0 Å². The zero-order valence-electron chi connectivity index (χ0n) is 7.67. The molecular weight excluding hydrogens is 251 g/mol. The van der Waals surface area contributed by atoms with E-state index in [4.69, 9.17) is 9.84 Å². The first-order valence-corrected chi connectivity index (χ1v) is 5.22. The Hall–Kier alpha value is -0.610. The Kier molecular flexibility index (Phi) is 4.90. The van der Waals surface area contributed by atoms with Gasteiger partial charge in [-0.25, -0.2) is 4.39 Å². The predicted molar refractivity (Wildman–Crippen MR) is 55.9 cm³/mol. The molecule has 0 aromatic heterocycles. The number of benzene rings is 1. The van der Waals surface area contributed by atoms with Crippen molar-refractivity contribution in [3.63, 3.8) is 0 Å². The van der Waals surface area contributed by atoms with Gasteiger partial charge in [0.1, 0.15) is 11.6 Å². The molecule has 0 radical (unpaired) electrons. The molecular formula is C10H12BrFO2. The summed E-state index contributed by atoms with van der Waals surface area (Å²) in [4.78, 5) is 0. The van der Waals surface area contributed by atoms with E-state index in [2.05, 4.69) is 15.9 Å². The maximum atomic E-state index is 12.8. The van der Waals surface area contributed by atoms with Gasteiger partial charge in [-0.3, -0.25) is 0 Å². The number of rotatable bonds is 5. The minimum Gasteiger partial charge on any atom is -0.494 e. The zero-order chi connectivity index (χ0) is 10.4. The summed E-state index contributed by atoms with van der Waals surface area (Å²) in [5, 5.41) is 8.53. The first-order chi connectivity index (χ1) is 6.74. The molecule has 0 aliphatic carbocycles. The summed E-state index contributed by atoms with van der Waals surface area (Å²) >= 11 is 3.07. The van der Waals surface area contributed by atoms with E-state index >= 15 is 0 Å². The average Bonchev–Trinajstić information content (AvgIpc) is 2.18. The molecule has 0 fully saturated rings. The normalized spacial score (nSPS) is 10.2. The third-order valence-electron chi connectivity index (χ3n) is 1.71. The molecule has 0 amide bonds. The van der Waals surface area contributed by atoms with E-state index in [1.54, 1.807) is 12.1 Å². The monoisotopic (exact) mass is 262 g/mol. The summed E-state index contributed by atoms with van der Waals surface area (Å²) in [5.41, 5.74) is 0. The lowest BCUT2D eigenvalue weighted by molar-refractivity contribution is 0.253. The van der Waals surface area contributed by atoms with Crippen LogP contribution in [0.1, 0.15) is 12.8 Å². The first-order valence-electron chi connectivity index (χ1n) is 4.43. The molecule has 0 atom stereocenters. The quantitative estimate of drug-likeness (QED) is 0.828. The third-order valence-corrected chi connectivity index (χ3v) is 2.32. The second kappa shape index (κ2) is 5.98. The molecule has 0 aliphatic rings. The molecule has 0 heterocycles. The molecule has 0 spiro atoms. The van der Waals surface area contributed by atoms with E-state index in [1.165, 1.54) is 6.07 Å². The van der Waals surface area contributed by atoms with Crippen molar-refractivity contribution < 1.29 is 14.2 Å². The molecule has 0 aliphatic heterocycles. The van der Waals surface area contributed by atoms with E-state index in [-0.39, 0.29) is 12.4 Å². The van der Waals surface area contributed by atoms with Crippen LogP contribution in [-0.4, -0.2) is 18.3 Å². The largest absolute Gasteiger partial charge is 0.494 e. The molecule has 0 saturated heterocycles. The molecule has 1 rings (SSSR count). The topological polar surface area (TPSA) is 29.5 Å². The summed E-state index contributed by atoms with van der Waals surface area (Å²) in [5.74, 6) is 0.337. The van der Waals surface area contributed by atoms with Crippen molar-refractivity contribution in [2.24, 2.45) is 0 Å². The maximum Gasteiger partial charge on any atom is 0.137 e. The van der Waals surface area contributed by atoms with Crippen molar-refractivity contribution in [3.05, 3.63) is 28.5 Å². The van der Waals surface area contributed by atoms with Crippen LogP contribution in [0, 0.1) is 5.82 Å². The standard InChI is InChI=1S/C10H12BrFO2/c11-9-7-8(3-4-10(9)12)14-6-2-1-5-13/h3-4,7,13H,1-2,5-6H2. The van der Waals surface area contributed by atoms with Crippen molar-refractivity contribution in [2.45, 2.75) is 12.8 Å². The summed E-state index contributed by atoms with van der Waals surface area (Å²) in [6.07, 6.45) is 1.52. The molecule has 2 nitrogen and oxygen atoms in total. The first kappa shape index (κ1) is 11.5. The van der Waals surface area contributed by atoms with Gasteiger partial charge in [-0.05, 0) is 47.0 Å². The van der Waals surface area contributed by atoms with E-state index in [0.717, 1.165) is 12.8 Å². The van der Waals surface area contributed by atoms with Gasteiger partial charge in [0, 0.05) is 6.61 Å². The van der Waals surface area contributed by atoms with E-state index < -0.39 is 0 Å². The van der Waals surface area contributed by atoms with Crippen LogP contribution in [0.15, 0.2) is 22.7 Å². The van der Waals surface area contributed by atoms with Crippen molar-refractivity contribution in [1.29, 1.82) is 0 Å². The van der Waals surface area contributed by atoms with Gasteiger partial charge in [-0.15, -0.1) is 0 Å². The Morgan fingerprint density at radius 3 is 2.79 bits per heavy atom. The second-order valence-electron chi connectivity index (χ2n) is 2.86. The zero-order valence-corrected chi connectivity index (χ0v) is 9.26. The number of unbranched alkanes of at least 4 members (excludes halogenated alkanes) is 1. The fourth-order valence-electron chi connectivity index (χ4n) is 0.971. The van der Waals surface area contributed by atoms with Crippen molar-refractivity contribution in [3.8, 4) is 5.75 Å². The van der Waals surface area contributed by atoms with Crippen LogP contribution in [0.2, 0.25) is 0 Å². The fourth-order valence-corrected chi connectivity index (χ4v) is 1.33. The number of aliphatic hydroxyl groups excluding tert-OH is 1. The molecule has 4 heteroatoms. The predicted octanol–water partition coefficient (Wildman–Crippen LogP) is 2.74. The minimum atomic E-state index is -0.298. The van der Waals surface area contributed by atoms with Crippen LogP contribution in [0.5, 0.6) is 5.75 Å². The molecule has 1 aromatic rings. The van der Waals surface area contributed by atoms with E-state index in [9.17, 15) is 4.39 Å². The Labute approximate surface area is 90.8 Å². The number of ether oxygens (including phenoxy) is 1. The lowest BCUT2D eigenvalue weighted by Gasteiger charge is -2.05. The van der Waals surface area contributed by atoms with Crippen molar-refractivity contribution >= 4 is 15.9 Å². The third kappa shape index (κ3) is 3.64. The van der Waals surface area contributed by atoms with Crippen molar-refractivity contribution in [1.82, 2.24) is 0 Å². The second-order valence-corrected chi connectivity index (χ2v) is 3.71. The van der Waals surface area contributed by atoms with Crippen LogP contribution in [0.4, 0.5) is 4.39 Å². The van der Waals surface area contributed by atoms with Gasteiger partial charge in [-0.2, -0.15) is 0 Å². The molecule has 0 unspecified atom stereocenters. The summed E-state index contributed by atoms with van der Waals surface area (Å²) in [6.45, 7) is 0.717. The van der Waals surface area contributed by atoms with Crippen LogP contribution in [-0.2, 0) is 0 Å². The molecule has 0 saturated carbocycles. The van der Waals surface area contributed by atoms with E-state index in [0.29, 0.717) is 16.8 Å². The van der Waals surface area contributed by atoms with Gasteiger partial charge >= 0.3 is 0 Å². The Balaban J connectivity index is 2.39. The van der Waals surface area contributed by atoms with Gasteiger partial charge in [0.15, 0.2) is 0 Å². The lowest BCUT2D eigenvalue weighted by Crippen LogP contribution is -1.98. The molecule has 14 heavy (non-hydrogen) atoms. The summed E-state index contributed by atoms with van der Waals surface area (Å²) < 4.78 is 18.5. The van der Waals surface area contributed by atoms with Gasteiger partial charge in [0.2, 0.25) is 0 Å². The highest BCUT2D eigenvalue weighted by molar-refractivity contribution is 9.10. The Morgan fingerprint density at radius 2 is 2.14 bits per heavy atom. The minimum absolute atomic E-state index is 0.177. The van der Waals surface area contributed by atoms with Gasteiger partial charge in [0.05, 0.1) is 11.1 Å². The highest BCUT2D eigenvalue weighted by atomic mass is 79.9. The average molecular weight is 263 g/mol. The highest BCUT2D eigenvalue weighted by Gasteiger charge is 2.00. The van der Waals surface area contributed by atoms with Crippen LogP contribution < -0.4 is 4.74 Å². The molecule has 1 N–H and O–H groups in total. The van der Waals surface area contributed by atoms with Gasteiger partial charge < -0.3 is 9.84 Å². The molecule has 1 aromatic carbocycles. The highest BCUT2D eigenvalue weighted by Crippen LogP contribution is 2.21.